The average Bonchev–Trinajstić information content (AvgIpc) is 3.15. The van der Waals surface area contributed by atoms with Crippen LogP contribution in [0.5, 0.6) is 0 Å². The van der Waals surface area contributed by atoms with Crippen molar-refractivity contribution in [2.75, 3.05) is 12.4 Å². The molecule has 3 rings (SSSR count). The van der Waals surface area contributed by atoms with Crippen molar-refractivity contribution in [3.8, 4) is 0 Å². The molecule has 1 fully saturated rings. The van der Waals surface area contributed by atoms with E-state index in [1.807, 2.05) is 0 Å². The standard InChI is InChI=1S/C19H21N3O3/c1-25-19(24)13-6-8-15(9-7-13)21-16-10-11-20-17(12-16)18(23)22-14-4-2-3-5-14/h6-12,14H,2-5H2,1H3,(H,20,21)(H,22,23). The van der Waals surface area contributed by atoms with E-state index in [0.717, 1.165) is 24.2 Å². The lowest BCUT2D eigenvalue weighted by Gasteiger charge is -2.12. The molecule has 2 aromatic rings. The zero-order chi connectivity index (χ0) is 17.6. The predicted octanol–water partition coefficient (Wildman–Crippen LogP) is 3.28. The number of anilines is 2. The van der Waals surface area contributed by atoms with E-state index in [4.69, 9.17) is 0 Å². The van der Waals surface area contributed by atoms with Crippen LogP contribution in [-0.4, -0.2) is 30.0 Å². The van der Waals surface area contributed by atoms with Gasteiger partial charge in [0.05, 0.1) is 12.7 Å². The van der Waals surface area contributed by atoms with Crippen molar-refractivity contribution in [2.45, 2.75) is 31.7 Å². The van der Waals surface area contributed by atoms with Gasteiger partial charge in [-0.05, 0) is 49.2 Å². The van der Waals surface area contributed by atoms with Gasteiger partial charge in [0.15, 0.2) is 0 Å². The Balaban J connectivity index is 1.66. The number of methoxy groups -OCH3 is 1. The molecule has 1 aliphatic carbocycles. The van der Waals surface area contributed by atoms with E-state index in [1.54, 1.807) is 42.6 Å². The van der Waals surface area contributed by atoms with E-state index in [0.29, 0.717) is 11.3 Å². The van der Waals surface area contributed by atoms with Crippen LogP contribution in [0.15, 0.2) is 42.6 Å². The number of pyridine rings is 1. The molecule has 25 heavy (non-hydrogen) atoms. The van der Waals surface area contributed by atoms with Crippen LogP contribution in [0, 0.1) is 0 Å². The van der Waals surface area contributed by atoms with E-state index < -0.39 is 0 Å². The highest BCUT2D eigenvalue weighted by Crippen LogP contribution is 2.20. The summed E-state index contributed by atoms with van der Waals surface area (Å²) in [6.45, 7) is 0. The first-order valence-electron chi connectivity index (χ1n) is 8.38. The van der Waals surface area contributed by atoms with Gasteiger partial charge in [-0.1, -0.05) is 12.8 Å². The zero-order valence-corrected chi connectivity index (χ0v) is 14.1. The Morgan fingerprint density at radius 3 is 2.48 bits per heavy atom. The number of rotatable bonds is 5. The number of carbonyl (C=O) groups is 2. The third-order valence-corrected chi connectivity index (χ3v) is 4.28. The van der Waals surface area contributed by atoms with E-state index in [2.05, 4.69) is 20.4 Å². The molecule has 0 aliphatic heterocycles. The fourth-order valence-corrected chi connectivity index (χ4v) is 2.94. The molecule has 1 aromatic carbocycles. The topological polar surface area (TPSA) is 80.3 Å². The number of ether oxygens (including phenoxy) is 1. The van der Waals surface area contributed by atoms with E-state index in [9.17, 15) is 9.59 Å². The van der Waals surface area contributed by atoms with E-state index in [-0.39, 0.29) is 17.9 Å². The number of hydrogen-bond acceptors (Lipinski definition) is 5. The minimum atomic E-state index is -0.374. The summed E-state index contributed by atoms with van der Waals surface area (Å²) in [5.74, 6) is -0.516. The second kappa shape index (κ2) is 7.79. The number of aromatic nitrogens is 1. The summed E-state index contributed by atoms with van der Waals surface area (Å²) < 4.78 is 4.68. The van der Waals surface area contributed by atoms with Crippen LogP contribution in [0.4, 0.5) is 11.4 Å². The number of hydrogen-bond donors (Lipinski definition) is 2. The number of nitrogens with zero attached hydrogens (tertiary/aromatic N) is 1. The van der Waals surface area contributed by atoms with Gasteiger partial charge in [0.25, 0.3) is 5.91 Å². The Labute approximate surface area is 146 Å². The molecule has 0 saturated heterocycles. The highest BCUT2D eigenvalue weighted by atomic mass is 16.5. The van der Waals surface area contributed by atoms with Crippen molar-refractivity contribution >= 4 is 23.3 Å². The summed E-state index contributed by atoms with van der Waals surface area (Å²) in [6.07, 6.45) is 6.02. The highest BCUT2D eigenvalue weighted by Gasteiger charge is 2.18. The Bertz CT molecular complexity index is 753. The van der Waals surface area contributed by atoms with Crippen LogP contribution < -0.4 is 10.6 Å². The molecule has 0 bridgehead atoms. The van der Waals surface area contributed by atoms with Gasteiger partial charge < -0.3 is 15.4 Å². The first kappa shape index (κ1) is 17.0. The first-order valence-corrected chi connectivity index (χ1v) is 8.38. The molecule has 130 valence electrons. The lowest BCUT2D eigenvalue weighted by Crippen LogP contribution is -2.33. The van der Waals surface area contributed by atoms with Crippen molar-refractivity contribution in [3.63, 3.8) is 0 Å². The van der Waals surface area contributed by atoms with Crippen molar-refractivity contribution in [2.24, 2.45) is 0 Å². The molecule has 1 amide bonds. The largest absolute Gasteiger partial charge is 0.465 e. The molecule has 0 atom stereocenters. The maximum absolute atomic E-state index is 12.3. The molecule has 0 radical (unpaired) electrons. The van der Waals surface area contributed by atoms with Crippen LogP contribution in [0.25, 0.3) is 0 Å². The minimum absolute atomic E-state index is 0.142. The smallest absolute Gasteiger partial charge is 0.337 e. The number of benzene rings is 1. The normalized spacial score (nSPS) is 14.1. The highest BCUT2D eigenvalue weighted by molar-refractivity contribution is 5.93. The summed E-state index contributed by atoms with van der Waals surface area (Å²) >= 11 is 0. The molecule has 0 unspecified atom stereocenters. The molecule has 1 aliphatic rings. The second-order valence-electron chi connectivity index (χ2n) is 6.08. The average molecular weight is 339 g/mol. The monoisotopic (exact) mass is 339 g/mol. The summed E-state index contributed by atoms with van der Waals surface area (Å²) in [5.41, 5.74) is 2.45. The summed E-state index contributed by atoms with van der Waals surface area (Å²) in [7, 11) is 1.35. The SMILES string of the molecule is COC(=O)c1ccc(Nc2ccnc(C(=O)NC3CCCC3)c2)cc1. The van der Waals surface area contributed by atoms with E-state index >= 15 is 0 Å². The Morgan fingerprint density at radius 2 is 1.80 bits per heavy atom. The first-order chi connectivity index (χ1) is 12.2. The molecular formula is C19H21N3O3. The van der Waals surface area contributed by atoms with Crippen molar-refractivity contribution in [1.29, 1.82) is 0 Å². The summed E-state index contributed by atoms with van der Waals surface area (Å²) in [5, 5.41) is 6.24. The third-order valence-electron chi connectivity index (χ3n) is 4.28. The van der Waals surface area contributed by atoms with E-state index in [1.165, 1.54) is 20.0 Å². The Morgan fingerprint density at radius 1 is 1.08 bits per heavy atom. The van der Waals surface area contributed by atoms with Crippen LogP contribution in [0.1, 0.15) is 46.5 Å². The zero-order valence-electron chi connectivity index (χ0n) is 14.1. The number of carbonyl (C=O) groups excluding carboxylic acids is 2. The van der Waals surface area contributed by atoms with Crippen LogP contribution in [0.3, 0.4) is 0 Å². The predicted molar refractivity (Wildman–Crippen MR) is 95.0 cm³/mol. The van der Waals surface area contributed by atoms with Crippen molar-refractivity contribution < 1.29 is 14.3 Å². The lowest BCUT2D eigenvalue weighted by atomic mass is 10.2. The maximum Gasteiger partial charge on any atom is 0.337 e. The minimum Gasteiger partial charge on any atom is -0.465 e. The van der Waals surface area contributed by atoms with Gasteiger partial charge in [0.1, 0.15) is 5.69 Å². The Hall–Kier alpha value is -2.89. The quantitative estimate of drug-likeness (QED) is 0.817. The van der Waals surface area contributed by atoms with Crippen LogP contribution in [-0.2, 0) is 4.74 Å². The van der Waals surface area contributed by atoms with Gasteiger partial charge in [-0.3, -0.25) is 9.78 Å². The molecule has 1 heterocycles. The van der Waals surface area contributed by atoms with Crippen LogP contribution in [0.2, 0.25) is 0 Å². The van der Waals surface area contributed by atoms with Gasteiger partial charge in [-0.25, -0.2) is 4.79 Å². The second-order valence-corrected chi connectivity index (χ2v) is 6.08. The fourth-order valence-electron chi connectivity index (χ4n) is 2.94. The number of nitrogens with one attached hydrogen (secondary N) is 2. The molecule has 2 N–H and O–H groups in total. The van der Waals surface area contributed by atoms with Gasteiger partial charge in [0.2, 0.25) is 0 Å². The van der Waals surface area contributed by atoms with Gasteiger partial charge >= 0.3 is 5.97 Å². The maximum atomic E-state index is 12.3. The van der Waals surface area contributed by atoms with Crippen LogP contribution >= 0.6 is 0 Å². The van der Waals surface area contributed by atoms with Crippen molar-refractivity contribution in [1.82, 2.24) is 10.3 Å². The number of esters is 1. The molecule has 6 nitrogen and oxygen atoms in total. The third kappa shape index (κ3) is 4.35. The number of amides is 1. The Kier molecular flexibility index (Phi) is 5.28. The molecule has 0 spiro atoms. The fraction of sp³-hybridized carbons (Fsp3) is 0.316. The van der Waals surface area contributed by atoms with Gasteiger partial charge in [-0.15, -0.1) is 0 Å². The molecule has 1 aromatic heterocycles. The van der Waals surface area contributed by atoms with Gasteiger partial charge in [-0.2, -0.15) is 0 Å². The van der Waals surface area contributed by atoms with Gasteiger partial charge in [0, 0.05) is 23.6 Å². The molecular weight excluding hydrogens is 318 g/mol. The van der Waals surface area contributed by atoms with Crippen molar-refractivity contribution in [3.05, 3.63) is 53.9 Å². The molecule has 1 saturated carbocycles. The molecule has 6 heteroatoms. The lowest BCUT2D eigenvalue weighted by molar-refractivity contribution is 0.0600. The summed E-state index contributed by atoms with van der Waals surface area (Å²) in [6, 6.07) is 10.7. The summed E-state index contributed by atoms with van der Waals surface area (Å²) in [4.78, 5) is 27.9.